The average molecular weight is 226 g/mol. The summed E-state index contributed by atoms with van der Waals surface area (Å²) < 4.78 is 5.69. The van der Waals surface area contributed by atoms with E-state index in [1.165, 1.54) is 0 Å². The third-order valence-corrected chi connectivity index (χ3v) is 4.20. The van der Waals surface area contributed by atoms with Crippen LogP contribution in [0.4, 0.5) is 0 Å². The van der Waals surface area contributed by atoms with Gasteiger partial charge in [0.1, 0.15) is 0 Å². The van der Waals surface area contributed by atoms with Crippen LogP contribution >= 0.6 is 0 Å². The molecule has 1 amide bonds. The Balaban J connectivity index is 1.98. The number of nitrogens with two attached hydrogens (primary N) is 1. The van der Waals surface area contributed by atoms with Gasteiger partial charge in [0.05, 0.1) is 6.10 Å². The summed E-state index contributed by atoms with van der Waals surface area (Å²) in [6.07, 6.45) is 1.39. The molecule has 0 bridgehead atoms. The van der Waals surface area contributed by atoms with E-state index in [-0.39, 0.29) is 23.3 Å². The molecule has 4 unspecified atom stereocenters. The van der Waals surface area contributed by atoms with Crippen molar-refractivity contribution in [2.24, 2.45) is 23.0 Å². The minimum atomic E-state index is -0.0998. The number of carbonyl (C=O) groups excluding carboxylic acids is 1. The van der Waals surface area contributed by atoms with Gasteiger partial charge in [0, 0.05) is 36.4 Å². The Morgan fingerprint density at radius 3 is 2.94 bits per heavy atom. The fourth-order valence-corrected chi connectivity index (χ4v) is 3.02. The summed E-state index contributed by atoms with van der Waals surface area (Å²) in [6, 6.07) is 0.251. The molecule has 4 heteroatoms. The van der Waals surface area contributed by atoms with Gasteiger partial charge < -0.3 is 15.8 Å². The molecule has 2 rings (SSSR count). The molecule has 0 aromatic carbocycles. The highest BCUT2D eigenvalue weighted by Gasteiger charge is 2.59. The van der Waals surface area contributed by atoms with Crippen LogP contribution in [-0.4, -0.2) is 31.2 Å². The van der Waals surface area contributed by atoms with Gasteiger partial charge >= 0.3 is 0 Å². The van der Waals surface area contributed by atoms with E-state index in [2.05, 4.69) is 19.2 Å². The summed E-state index contributed by atoms with van der Waals surface area (Å²) in [5.41, 5.74) is 5.56. The van der Waals surface area contributed by atoms with E-state index < -0.39 is 0 Å². The quantitative estimate of drug-likeness (QED) is 0.737. The van der Waals surface area contributed by atoms with E-state index >= 15 is 0 Å². The van der Waals surface area contributed by atoms with Crippen LogP contribution in [0.2, 0.25) is 0 Å². The Morgan fingerprint density at radius 2 is 2.31 bits per heavy atom. The second-order valence-electron chi connectivity index (χ2n) is 5.69. The van der Waals surface area contributed by atoms with Gasteiger partial charge in [-0.1, -0.05) is 20.8 Å². The number of rotatable bonds is 3. The molecule has 2 fully saturated rings. The number of nitrogens with one attached hydrogen (secondary N) is 1. The molecule has 0 spiro atoms. The Bertz CT molecular complexity index is 291. The number of ether oxygens (including phenoxy) is 1. The zero-order chi connectivity index (χ0) is 11.9. The first-order chi connectivity index (χ1) is 7.48. The van der Waals surface area contributed by atoms with Crippen LogP contribution in [-0.2, 0) is 9.53 Å². The zero-order valence-corrected chi connectivity index (χ0v) is 10.3. The second kappa shape index (κ2) is 4.00. The lowest BCUT2D eigenvalue weighted by Gasteiger charge is -2.54. The van der Waals surface area contributed by atoms with Crippen molar-refractivity contribution in [1.29, 1.82) is 0 Å². The molecule has 3 N–H and O–H groups in total. The zero-order valence-electron chi connectivity index (χ0n) is 10.3. The van der Waals surface area contributed by atoms with Gasteiger partial charge in [-0.25, -0.2) is 0 Å². The lowest BCUT2D eigenvalue weighted by atomic mass is 9.57. The molecule has 1 saturated heterocycles. The summed E-state index contributed by atoms with van der Waals surface area (Å²) in [5.74, 6) is 0.479. The molecule has 1 heterocycles. The third-order valence-electron chi connectivity index (χ3n) is 4.20. The Morgan fingerprint density at radius 1 is 1.62 bits per heavy atom. The molecule has 4 atom stereocenters. The highest BCUT2D eigenvalue weighted by Crippen LogP contribution is 2.52. The molecule has 0 radical (unpaired) electrons. The lowest BCUT2D eigenvalue weighted by Crippen LogP contribution is -2.67. The first-order valence-corrected chi connectivity index (χ1v) is 6.10. The predicted molar refractivity (Wildman–Crippen MR) is 61.8 cm³/mol. The normalized spacial score (nSPS) is 37.4. The van der Waals surface area contributed by atoms with E-state index in [9.17, 15) is 4.79 Å². The van der Waals surface area contributed by atoms with Crippen LogP contribution in [0.3, 0.4) is 0 Å². The summed E-state index contributed by atoms with van der Waals surface area (Å²) in [7, 11) is 0. The van der Waals surface area contributed by atoms with Crippen molar-refractivity contribution >= 4 is 5.91 Å². The molecule has 0 aromatic heterocycles. The number of hydrogen-bond donors (Lipinski definition) is 2. The highest BCUT2D eigenvalue weighted by molar-refractivity contribution is 5.79. The van der Waals surface area contributed by atoms with Crippen molar-refractivity contribution in [3.63, 3.8) is 0 Å². The highest BCUT2D eigenvalue weighted by atomic mass is 16.5. The minimum absolute atomic E-state index is 0.0607. The molecule has 1 saturated carbocycles. The van der Waals surface area contributed by atoms with Gasteiger partial charge in [-0.15, -0.1) is 0 Å². The second-order valence-corrected chi connectivity index (χ2v) is 5.69. The molecular weight excluding hydrogens is 204 g/mol. The van der Waals surface area contributed by atoms with E-state index in [0.717, 1.165) is 13.0 Å². The molecule has 92 valence electrons. The van der Waals surface area contributed by atoms with E-state index in [4.69, 9.17) is 10.5 Å². The van der Waals surface area contributed by atoms with E-state index in [0.29, 0.717) is 18.6 Å². The monoisotopic (exact) mass is 226 g/mol. The maximum absolute atomic E-state index is 11.8. The van der Waals surface area contributed by atoms with Gasteiger partial charge in [-0.3, -0.25) is 4.79 Å². The van der Waals surface area contributed by atoms with Gasteiger partial charge in [0.15, 0.2) is 0 Å². The Hall–Kier alpha value is -0.610. The van der Waals surface area contributed by atoms with Gasteiger partial charge in [-0.2, -0.15) is 0 Å². The van der Waals surface area contributed by atoms with E-state index in [1.807, 2.05) is 6.92 Å². The molecule has 16 heavy (non-hydrogen) atoms. The molecule has 0 aromatic rings. The number of hydrogen-bond acceptors (Lipinski definition) is 3. The maximum Gasteiger partial charge on any atom is 0.224 e. The lowest BCUT2D eigenvalue weighted by molar-refractivity contribution is -0.140. The molecular formula is C12H22N2O2. The molecule has 4 nitrogen and oxygen atoms in total. The summed E-state index contributed by atoms with van der Waals surface area (Å²) in [4.78, 5) is 11.8. The molecule has 2 aliphatic rings. The van der Waals surface area contributed by atoms with Gasteiger partial charge in [-0.05, 0) is 6.42 Å². The molecule has 1 aliphatic heterocycles. The predicted octanol–water partition coefficient (Wildman–Crippen LogP) is 0.511. The summed E-state index contributed by atoms with van der Waals surface area (Å²) in [6.45, 7) is 7.43. The van der Waals surface area contributed by atoms with Gasteiger partial charge in [0.25, 0.3) is 0 Å². The van der Waals surface area contributed by atoms with Crippen LogP contribution in [0, 0.1) is 17.3 Å². The van der Waals surface area contributed by atoms with Crippen molar-refractivity contribution in [2.75, 3.05) is 13.2 Å². The average Bonchev–Trinajstić information content (AvgIpc) is 2.70. The topological polar surface area (TPSA) is 64.4 Å². The van der Waals surface area contributed by atoms with Gasteiger partial charge in [0.2, 0.25) is 5.91 Å². The fraction of sp³-hybridized carbons (Fsp3) is 0.917. The maximum atomic E-state index is 11.8. The Labute approximate surface area is 96.9 Å². The minimum Gasteiger partial charge on any atom is -0.377 e. The largest absolute Gasteiger partial charge is 0.377 e. The first-order valence-electron chi connectivity index (χ1n) is 6.10. The van der Waals surface area contributed by atoms with Crippen molar-refractivity contribution in [2.45, 2.75) is 39.3 Å². The van der Waals surface area contributed by atoms with Crippen LogP contribution in [0.1, 0.15) is 27.2 Å². The Kier molecular flexibility index (Phi) is 2.97. The number of amides is 1. The smallest absolute Gasteiger partial charge is 0.224 e. The number of carbonyl (C=O) groups is 1. The van der Waals surface area contributed by atoms with Crippen molar-refractivity contribution in [3.8, 4) is 0 Å². The van der Waals surface area contributed by atoms with Crippen LogP contribution in [0.15, 0.2) is 0 Å². The fourth-order valence-electron chi connectivity index (χ4n) is 3.02. The van der Waals surface area contributed by atoms with Crippen LogP contribution in [0.25, 0.3) is 0 Å². The first kappa shape index (κ1) is 11.9. The molecule has 1 aliphatic carbocycles. The van der Waals surface area contributed by atoms with Crippen molar-refractivity contribution < 1.29 is 9.53 Å². The van der Waals surface area contributed by atoms with Crippen LogP contribution < -0.4 is 11.1 Å². The SMILES string of the molecule is CC(CN)C(=O)NC1C2CCOC2C1(C)C. The summed E-state index contributed by atoms with van der Waals surface area (Å²) in [5, 5.41) is 3.13. The standard InChI is InChI=1S/C12H22N2O2/c1-7(6-13)11(15)14-9-8-4-5-16-10(8)12(9,2)3/h7-10H,4-6,13H2,1-3H3,(H,14,15). The number of fused-ring (bicyclic) bond motifs is 1. The summed E-state index contributed by atoms with van der Waals surface area (Å²) >= 11 is 0. The third kappa shape index (κ3) is 1.64. The van der Waals surface area contributed by atoms with Crippen molar-refractivity contribution in [1.82, 2.24) is 5.32 Å². The van der Waals surface area contributed by atoms with Crippen LogP contribution in [0.5, 0.6) is 0 Å². The van der Waals surface area contributed by atoms with E-state index in [1.54, 1.807) is 0 Å². The van der Waals surface area contributed by atoms with Crippen molar-refractivity contribution in [3.05, 3.63) is 0 Å².